The lowest BCUT2D eigenvalue weighted by Crippen LogP contribution is -2.33. The maximum Gasteiger partial charge on any atom is 0.275 e. The number of nitrogens with one attached hydrogen (secondary N) is 1. The van der Waals surface area contributed by atoms with E-state index in [-0.39, 0.29) is 23.8 Å². The van der Waals surface area contributed by atoms with Crippen LogP contribution >= 0.6 is 0 Å². The van der Waals surface area contributed by atoms with Crippen LogP contribution < -0.4 is 19.5 Å². The van der Waals surface area contributed by atoms with Gasteiger partial charge >= 0.3 is 0 Å². The molecule has 11 nitrogen and oxygen atoms in total. The van der Waals surface area contributed by atoms with Gasteiger partial charge in [-0.2, -0.15) is 10.1 Å². The smallest absolute Gasteiger partial charge is 0.275 e. The number of methoxy groups -OCH3 is 3. The molecule has 3 aromatic rings. The van der Waals surface area contributed by atoms with Gasteiger partial charge in [0.2, 0.25) is 11.7 Å². The van der Waals surface area contributed by atoms with Crippen molar-refractivity contribution >= 4 is 17.4 Å². The summed E-state index contributed by atoms with van der Waals surface area (Å²) in [6.45, 7) is 0. The van der Waals surface area contributed by atoms with E-state index in [1.807, 2.05) is 12.1 Å². The largest absolute Gasteiger partial charge is 0.493 e. The molecule has 0 fully saturated rings. The number of nitro groups is 1. The molecule has 180 valence electrons. The summed E-state index contributed by atoms with van der Waals surface area (Å²) in [6.07, 6.45) is 2.06. The van der Waals surface area contributed by atoms with Crippen LogP contribution in [0.3, 0.4) is 0 Å². The molecule has 1 aliphatic heterocycles. The van der Waals surface area contributed by atoms with E-state index in [0.717, 1.165) is 5.56 Å². The van der Waals surface area contributed by atoms with Crippen LogP contribution in [0.4, 0.5) is 11.6 Å². The van der Waals surface area contributed by atoms with Crippen LogP contribution in [0.25, 0.3) is 0 Å². The second kappa shape index (κ2) is 8.75. The fraction of sp³-hybridized carbons (Fsp3) is 0.292. The van der Waals surface area contributed by atoms with Crippen molar-refractivity contribution in [3.05, 3.63) is 75.2 Å². The lowest BCUT2D eigenvalue weighted by Gasteiger charge is -2.35. The molecular formula is C24H23N5O6. The Morgan fingerprint density at radius 2 is 1.80 bits per heavy atom. The Labute approximate surface area is 200 Å². The number of para-hydroxylation sites is 1. The Hall–Kier alpha value is -4.41. The van der Waals surface area contributed by atoms with Gasteiger partial charge in [-0.05, 0) is 36.1 Å². The Morgan fingerprint density at radius 1 is 1.09 bits per heavy atom. The van der Waals surface area contributed by atoms with Crippen molar-refractivity contribution in [2.24, 2.45) is 0 Å². The van der Waals surface area contributed by atoms with Crippen LogP contribution in [0, 0.1) is 10.1 Å². The van der Waals surface area contributed by atoms with Crippen molar-refractivity contribution in [2.75, 3.05) is 26.6 Å². The van der Waals surface area contributed by atoms with Gasteiger partial charge in [-0.15, -0.1) is 0 Å². The van der Waals surface area contributed by atoms with Gasteiger partial charge in [0, 0.05) is 23.8 Å². The summed E-state index contributed by atoms with van der Waals surface area (Å²) in [7, 11) is 4.62. The predicted octanol–water partition coefficient (Wildman–Crippen LogP) is 3.63. The molecule has 11 heteroatoms. The number of aromatic nitrogens is 3. The minimum absolute atomic E-state index is 0.0766. The minimum atomic E-state index is -0.751. The van der Waals surface area contributed by atoms with E-state index >= 15 is 0 Å². The molecule has 0 unspecified atom stereocenters. The van der Waals surface area contributed by atoms with Crippen LogP contribution in [-0.4, -0.2) is 46.8 Å². The number of Topliss-reactive ketones (excluding diaryl/α,β-unsaturated/α-hetero) is 1. The van der Waals surface area contributed by atoms with Crippen molar-refractivity contribution in [3.8, 4) is 17.2 Å². The number of carbonyl (C=O) groups is 1. The number of nitrogens with zero attached hydrogens (tertiary/aromatic N) is 4. The zero-order chi connectivity index (χ0) is 24.7. The average Bonchev–Trinajstić information content (AvgIpc) is 3.34. The standard InChI is InChI=1S/C24H23N5O6/c1-33-19-10-14(11-20(34-2)23(19)35-3)13-8-16-21(18(30)9-13)22(28-24(27-16)25-12-26-28)15-6-4-5-7-17(15)29(31)32/h4-7,10-13,22H,8-9H2,1-3H3,(H,25,26,27)/t13-,22+/m1/s1. The maximum absolute atomic E-state index is 13.6. The van der Waals surface area contributed by atoms with Gasteiger partial charge in [-0.25, -0.2) is 4.68 Å². The molecule has 0 radical (unpaired) electrons. The molecule has 35 heavy (non-hydrogen) atoms. The Kier molecular flexibility index (Phi) is 5.59. The molecule has 2 aromatic carbocycles. The molecule has 2 atom stereocenters. The van der Waals surface area contributed by atoms with Crippen molar-refractivity contribution < 1.29 is 23.9 Å². The first-order chi connectivity index (χ1) is 17.0. The highest BCUT2D eigenvalue weighted by Crippen LogP contribution is 2.47. The highest BCUT2D eigenvalue weighted by Gasteiger charge is 2.41. The van der Waals surface area contributed by atoms with Crippen molar-refractivity contribution in [2.45, 2.75) is 24.8 Å². The number of benzene rings is 2. The molecule has 2 aliphatic rings. The Morgan fingerprint density at radius 3 is 2.46 bits per heavy atom. The first kappa shape index (κ1) is 22.4. The second-order valence-electron chi connectivity index (χ2n) is 8.25. The number of ketones is 1. The monoisotopic (exact) mass is 477 g/mol. The Bertz CT molecular complexity index is 1340. The van der Waals surface area contributed by atoms with E-state index in [0.29, 0.717) is 46.5 Å². The molecule has 1 aliphatic carbocycles. The first-order valence-electron chi connectivity index (χ1n) is 10.9. The number of nitro benzene ring substituents is 1. The van der Waals surface area contributed by atoms with E-state index in [1.165, 1.54) is 24.2 Å². The summed E-state index contributed by atoms with van der Waals surface area (Å²) in [5.41, 5.74) is 2.30. The van der Waals surface area contributed by atoms with Crippen LogP contribution in [0.1, 0.15) is 35.9 Å². The summed E-state index contributed by atoms with van der Waals surface area (Å²) in [5, 5.41) is 19.3. The average molecular weight is 477 g/mol. The van der Waals surface area contributed by atoms with Gasteiger partial charge in [0.1, 0.15) is 12.4 Å². The third-order valence-electron chi connectivity index (χ3n) is 6.45. The van der Waals surface area contributed by atoms with Gasteiger partial charge in [-0.3, -0.25) is 14.9 Å². The zero-order valence-corrected chi connectivity index (χ0v) is 19.3. The predicted molar refractivity (Wildman–Crippen MR) is 125 cm³/mol. The van der Waals surface area contributed by atoms with E-state index in [1.54, 1.807) is 32.4 Å². The number of hydrogen-bond acceptors (Lipinski definition) is 9. The molecule has 0 saturated carbocycles. The van der Waals surface area contributed by atoms with Crippen molar-refractivity contribution in [1.82, 2.24) is 14.8 Å². The van der Waals surface area contributed by atoms with Gasteiger partial charge in [0.25, 0.3) is 5.69 Å². The summed E-state index contributed by atoms with van der Waals surface area (Å²) in [5.74, 6) is 1.60. The number of fused-ring (bicyclic) bond motifs is 1. The van der Waals surface area contributed by atoms with E-state index in [9.17, 15) is 14.9 Å². The van der Waals surface area contributed by atoms with E-state index < -0.39 is 11.0 Å². The van der Waals surface area contributed by atoms with Gasteiger partial charge in [0.05, 0.1) is 31.8 Å². The summed E-state index contributed by atoms with van der Waals surface area (Å²) < 4.78 is 17.9. The fourth-order valence-electron chi connectivity index (χ4n) is 4.90. The minimum Gasteiger partial charge on any atom is -0.493 e. The number of allylic oxidation sites excluding steroid dienone is 2. The highest BCUT2D eigenvalue weighted by atomic mass is 16.6. The van der Waals surface area contributed by atoms with Crippen LogP contribution in [-0.2, 0) is 4.79 Å². The molecule has 5 rings (SSSR count). The number of rotatable bonds is 6. The molecule has 1 aromatic heterocycles. The third-order valence-corrected chi connectivity index (χ3v) is 6.45. The lowest BCUT2D eigenvalue weighted by atomic mass is 9.77. The summed E-state index contributed by atoms with van der Waals surface area (Å²) >= 11 is 0. The summed E-state index contributed by atoms with van der Waals surface area (Å²) in [6, 6.07) is 9.34. The number of carbonyl (C=O) groups excluding carboxylic acids is 1. The topological polar surface area (TPSA) is 131 Å². The molecular weight excluding hydrogens is 454 g/mol. The number of ether oxygens (including phenoxy) is 3. The molecule has 1 N–H and O–H groups in total. The molecule has 0 bridgehead atoms. The number of hydrogen-bond donors (Lipinski definition) is 1. The van der Waals surface area contributed by atoms with E-state index in [2.05, 4.69) is 15.4 Å². The Balaban J connectivity index is 1.61. The van der Waals surface area contributed by atoms with Crippen LogP contribution in [0.5, 0.6) is 17.2 Å². The number of anilines is 1. The first-order valence-corrected chi connectivity index (χ1v) is 10.9. The van der Waals surface area contributed by atoms with Gasteiger partial charge < -0.3 is 19.5 Å². The maximum atomic E-state index is 13.6. The van der Waals surface area contributed by atoms with Crippen LogP contribution in [0.2, 0.25) is 0 Å². The molecule has 0 spiro atoms. The molecule has 2 heterocycles. The van der Waals surface area contributed by atoms with Crippen molar-refractivity contribution in [1.29, 1.82) is 0 Å². The van der Waals surface area contributed by atoms with Gasteiger partial charge in [-0.1, -0.05) is 12.1 Å². The molecule has 0 saturated heterocycles. The third kappa shape index (κ3) is 3.65. The van der Waals surface area contributed by atoms with E-state index in [4.69, 9.17) is 14.2 Å². The summed E-state index contributed by atoms with van der Waals surface area (Å²) in [4.78, 5) is 29.2. The van der Waals surface area contributed by atoms with Crippen molar-refractivity contribution in [3.63, 3.8) is 0 Å². The van der Waals surface area contributed by atoms with Gasteiger partial charge in [0.15, 0.2) is 17.3 Å². The lowest BCUT2D eigenvalue weighted by molar-refractivity contribution is -0.385. The fourth-order valence-corrected chi connectivity index (χ4v) is 4.90. The highest BCUT2D eigenvalue weighted by molar-refractivity contribution is 6.00. The van der Waals surface area contributed by atoms with Crippen LogP contribution in [0.15, 0.2) is 54.0 Å². The second-order valence-corrected chi connectivity index (χ2v) is 8.25. The molecule has 0 amide bonds. The quantitative estimate of drug-likeness (QED) is 0.418. The SMILES string of the molecule is COc1cc([C@H]2CC(=O)C3=C(C2)Nc2ncnn2[C@H]3c2ccccc2[N+](=O)[O-])cc(OC)c1OC. The normalized spacial score (nSPS) is 18.9. The zero-order valence-electron chi connectivity index (χ0n) is 19.3.